The molecule has 96 valence electrons. The van der Waals surface area contributed by atoms with Gasteiger partial charge < -0.3 is 34.9 Å². The highest BCUT2D eigenvalue weighted by molar-refractivity contribution is 7.46. The normalized spacial score (nSPS) is 41.0. The van der Waals surface area contributed by atoms with Crippen LogP contribution >= 0.6 is 7.82 Å². The molecule has 1 saturated heterocycles. The highest BCUT2D eigenvalue weighted by Gasteiger charge is 2.47. The van der Waals surface area contributed by atoms with Crippen molar-refractivity contribution in [2.45, 2.75) is 30.7 Å². The Morgan fingerprint density at radius 2 is 1.75 bits per heavy atom. The van der Waals surface area contributed by atoms with E-state index >= 15 is 0 Å². The van der Waals surface area contributed by atoms with Crippen LogP contribution in [0.1, 0.15) is 0 Å². The first kappa shape index (κ1) is 14.0. The van der Waals surface area contributed by atoms with Gasteiger partial charge in [0.1, 0.15) is 24.4 Å². The van der Waals surface area contributed by atoms with E-state index in [0.717, 1.165) is 0 Å². The van der Waals surface area contributed by atoms with Gasteiger partial charge in [-0.3, -0.25) is 4.52 Å². The van der Waals surface area contributed by atoms with E-state index in [1.54, 1.807) is 0 Å². The van der Waals surface area contributed by atoms with E-state index in [9.17, 15) is 14.8 Å². The first-order valence-electron chi connectivity index (χ1n) is 4.30. The van der Waals surface area contributed by atoms with Crippen LogP contribution in [0.3, 0.4) is 0 Å². The smallest absolute Gasteiger partial charge is 0.394 e. The molecule has 1 rings (SSSR count). The number of rotatable bonds is 3. The SMILES string of the molecule is O=P(O)(O)O[C@@H]1[C@@H](O)[C@H](O)O[C@H](CO)[C@H]1O. The number of phosphoric acid groups is 1. The summed E-state index contributed by atoms with van der Waals surface area (Å²) in [6, 6.07) is 0. The fourth-order valence-corrected chi connectivity index (χ4v) is 1.92. The van der Waals surface area contributed by atoms with Crippen LogP contribution in [0, 0.1) is 0 Å². The lowest BCUT2D eigenvalue weighted by Crippen LogP contribution is -2.59. The van der Waals surface area contributed by atoms with Crippen LogP contribution in [0.5, 0.6) is 0 Å². The molecule has 1 aliphatic heterocycles. The Labute approximate surface area is 90.1 Å². The second-order valence-electron chi connectivity index (χ2n) is 3.29. The molecule has 0 aromatic rings. The summed E-state index contributed by atoms with van der Waals surface area (Å²) in [4.78, 5) is 17.1. The Bertz CT molecular complexity index is 277. The summed E-state index contributed by atoms with van der Waals surface area (Å²) in [6.07, 6.45) is -8.35. The highest BCUT2D eigenvalue weighted by atomic mass is 31.2. The van der Waals surface area contributed by atoms with Crippen molar-refractivity contribution in [2.75, 3.05) is 6.61 Å². The maximum Gasteiger partial charge on any atom is 0.470 e. The standard InChI is InChI=1S/C6H13O9P/c7-1-2-3(8)5(15-16(11,12)13)4(9)6(10)14-2/h2-10H,1H2,(H2,11,12,13)/t2-,3-,4-,5+,6-/m1/s1. The molecule has 5 atom stereocenters. The highest BCUT2D eigenvalue weighted by Crippen LogP contribution is 2.41. The van der Waals surface area contributed by atoms with Crippen molar-refractivity contribution in [3.8, 4) is 0 Å². The van der Waals surface area contributed by atoms with Gasteiger partial charge in [-0.25, -0.2) is 4.57 Å². The molecule has 6 N–H and O–H groups in total. The van der Waals surface area contributed by atoms with Crippen LogP contribution in [-0.4, -0.2) is 67.5 Å². The first-order valence-corrected chi connectivity index (χ1v) is 5.83. The van der Waals surface area contributed by atoms with E-state index in [1.165, 1.54) is 0 Å². The molecular weight excluding hydrogens is 247 g/mol. The van der Waals surface area contributed by atoms with Gasteiger partial charge in [0.25, 0.3) is 0 Å². The monoisotopic (exact) mass is 260 g/mol. The molecule has 0 radical (unpaired) electrons. The zero-order valence-corrected chi connectivity index (χ0v) is 8.84. The van der Waals surface area contributed by atoms with Crippen molar-refractivity contribution in [1.29, 1.82) is 0 Å². The van der Waals surface area contributed by atoms with Crippen LogP contribution < -0.4 is 0 Å². The Hall–Kier alpha value is -0.0900. The quantitative estimate of drug-likeness (QED) is 0.289. The summed E-state index contributed by atoms with van der Waals surface area (Å²) in [6.45, 7) is -0.702. The van der Waals surface area contributed by atoms with Gasteiger partial charge in [-0.1, -0.05) is 0 Å². The van der Waals surface area contributed by atoms with Gasteiger partial charge in [0.2, 0.25) is 0 Å². The molecule has 0 aromatic carbocycles. The van der Waals surface area contributed by atoms with Crippen molar-refractivity contribution < 1.29 is 44.0 Å². The van der Waals surface area contributed by atoms with Gasteiger partial charge in [-0.15, -0.1) is 0 Å². The number of phosphoric ester groups is 1. The number of ether oxygens (including phenoxy) is 1. The third kappa shape index (κ3) is 3.20. The molecule has 0 aromatic heterocycles. The molecule has 0 bridgehead atoms. The summed E-state index contributed by atoms with van der Waals surface area (Å²) in [5.74, 6) is 0. The topological polar surface area (TPSA) is 157 Å². The Kier molecular flexibility index (Phi) is 4.41. The number of aliphatic hydroxyl groups excluding tert-OH is 4. The van der Waals surface area contributed by atoms with Gasteiger partial charge in [0.15, 0.2) is 6.29 Å². The summed E-state index contributed by atoms with van der Waals surface area (Å²) >= 11 is 0. The van der Waals surface area contributed by atoms with Crippen molar-refractivity contribution in [1.82, 2.24) is 0 Å². The molecule has 0 unspecified atom stereocenters. The van der Waals surface area contributed by atoms with Crippen molar-refractivity contribution in [3.63, 3.8) is 0 Å². The lowest BCUT2D eigenvalue weighted by atomic mass is 9.99. The van der Waals surface area contributed by atoms with Crippen LogP contribution in [0.2, 0.25) is 0 Å². The van der Waals surface area contributed by atoms with Crippen molar-refractivity contribution in [3.05, 3.63) is 0 Å². The average molecular weight is 260 g/mol. The number of hydrogen-bond donors (Lipinski definition) is 6. The molecule has 1 aliphatic rings. The van der Waals surface area contributed by atoms with E-state index in [2.05, 4.69) is 9.26 Å². The Morgan fingerprint density at radius 1 is 1.19 bits per heavy atom. The van der Waals surface area contributed by atoms with E-state index in [4.69, 9.17) is 20.0 Å². The van der Waals surface area contributed by atoms with E-state index in [-0.39, 0.29) is 0 Å². The summed E-state index contributed by atoms with van der Waals surface area (Å²) in [5.41, 5.74) is 0. The molecule has 9 nitrogen and oxygen atoms in total. The molecule has 0 aliphatic carbocycles. The molecule has 16 heavy (non-hydrogen) atoms. The minimum Gasteiger partial charge on any atom is -0.394 e. The molecule has 1 heterocycles. The lowest BCUT2D eigenvalue weighted by molar-refractivity contribution is -0.283. The summed E-state index contributed by atoms with van der Waals surface area (Å²) in [5, 5.41) is 36.6. The molecule has 10 heteroatoms. The molecule has 0 spiro atoms. The maximum absolute atomic E-state index is 10.6. The minimum atomic E-state index is -4.94. The predicted octanol–water partition coefficient (Wildman–Crippen LogP) is -3.10. The summed E-state index contributed by atoms with van der Waals surface area (Å²) < 4.78 is 19.3. The zero-order valence-electron chi connectivity index (χ0n) is 7.95. The maximum atomic E-state index is 10.6. The summed E-state index contributed by atoms with van der Waals surface area (Å²) in [7, 11) is -4.94. The largest absolute Gasteiger partial charge is 0.470 e. The molecule has 1 fully saturated rings. The van der Waals surface area contributed by atoms with E-state index in [1.807, 2.05) is 0 Å². The van der Waals surface area contributed by atoms with Crippen LogP contribution in [-0.2, 0) is 13.8 Å². The van der Waals surface area contributed by atoms with Crippen LogP contribution in [0.4, 0.5) is 0 Å². The van der Waals surface area contributed by atoms with Gasteiger partial charge in [0, 0.05) is 0 Å². The Balaban J connectivity index is 2.81. The zero-order chi connectivity index (χ0) is 12.5. The molecule has 0 amide bonds. The van der Waals surface area contributed by atoms with E-state index in [0.29, 0.717) is 0 Å². The fraction of sp³-hybridized carbons (Fsp3) is 1.00. The predicted molar refractivity (Wildman–Crippen MR) is 46.9 cm³/mol. The third-order valence-corrected chi connectivity index (χ3v) is 2.62. The van der Waals surface area contributed by atoms with Gasteiger partial charge >= 0.3 is 7.82 Å². The first-order chi connectivity index (χ1) is 7.26. The number of aliphatic hydroxyl groups is 4. The number of hydrogen-bond acceptors (Lipinski definition) is 7. The van der Waals surface area contributed by atoms with E-state index < -0.39 is 45.1 Å². The van der Waals surface area contributed by atoms with Crippen LogP contribution in [0.25, 0.3) is 0 Å². The lowest BCUT2D eigenvalue weighted by Gasteiger charge is -2.39. The van der Waals surface area contributed by atoms with Gasteiger partial charge in [0.05, 0.1) is 6.61 Å². The van der Waals surface area contributed by atoms with Gasteiger partial charge in [-0.05, 0) is 0 Å². The van der Waals surface area contributed by atoms with Crippen molar-refractivity contribution >= 4 is 7.82 Å². The van der Waals surface area contributed by atoms with Crippen molar-refractivity contribution in [2.24, 2.45) is 0 Å². The van der Waals surface area contributed by atoms with Gasteiger partial charge in [-0.2, -0.15) is 0 Å². The minimum absolute atomic E-state index is 0.702. The fourth-order valence-electron chi connectivity index (χ4n) is 1.35. The third-order valence-electron chi connectivity index (χ3n) is 2.10. The Morgan fingerprint density at radius 3 is 2.19 bits per heavy atom. The van der Waals surface area contributed by atoms with Crippen LogP contribution in [0.15, 0.2) is 0 Å². The molecule has 0 saturated carbocycles. The molecular formula is C6H13O9P. The second-order valence-corrected chi connectivity index (χ2v) is 4.48. The average Bonchev–Trinajstić information content (AvgIpc) is 2.17. The second kappa shape index (κ2) is 5.05.